The fraction of sp³-hybridized carbons (Fsp3) is 0.312. The summed E-state index contributed by atoms with van der Waals surface area (Å²) in [5, 5.41) is 0. The third-order valence-electron chi connectivity index (χ3n) is 3.44. The van der Waals surface area contributed by atoms with Crippen molar-refractivity contribution in [2.75, 3.05) is 6.26 Å². The van der Waals surface area contributed by atoms with Crippen molar-refractivity contribution in [2.24, 2.45) is 5.73 Å². The molecule has 0 aliphatic heterocycles. The number of benzene rings is 1. The van der Waals surface area contributed by atoms with Gasteiger partial charge in [0.1, 0.15) is 0 Å². The third kappa shape index (κ3) is 4.12. The summed E-state index contributed by atoms with van der Waals surface area (Å²) in [7, 11) is -3.21. The lowest BCUT2D eigenvalue weighted by molar-refractivity contribution is 0.601. The Bertz CT molecular complexity index is 709. The Morgan fingerprint density at radius 3 is 2.57 bits per heavy atom. The summed E-state index contributed by atoms with van der Waals surface area (Å²) >= 11 is 0. The summed E-state index contributed by atoms with van der Waals surface area (Å²) < 4.78 is 23.2. The van der Waals surface area contributed by atoms with Gasteiger partial charge in [-0.2, -0.15) is 0 Å². The number of hydrogen-bond donors (Lipinski definition) is 1. The normalized spacial score (nSPS) is 13.1. The Labute approximate surface area is 125 Å². The van der Waals surface area contributed by atoms with E-state index in [1.54, 1.807) is 18.2 Å². The summed E-state index contributed by atoms with van der Waals surface area (Å²) in [5.74, 6) is 0. The number of nitrogens with two attached hydrogens (primary N) is 1. The summed E-state index contributed by atoms with van der Waals surface area (Å²) in [6.45, 7) is 2.08. The molecular formula is C16H20N2O2S. The molecular weight excluding hydrogens is 284 g/mol. The molecule has 2 rings (SSSR count). The van der Waals surface area contributed by atoms with Crippen LogP contribution in [0.2, 0.25) is 0 Å². The molecule has 0 amide bonds. The first-order chi connectivity index (χ1) is 9.90. The van der Waals surface area contributed by atoms with Gasteiger partial charge in [0.15, 0.2) is 9.84 Å². The summed E-state index contributed by atoms with van der Waals surface area (Å²) in [4.78, 5) is 4.68. The quantitative estimate of drug-likeness (QED) is 0.920. The molecule has 0 bridgehead atoms. The number of nitrogens with zero attached hydrogens (tertiary/aromatic N) is 1. The van der Waals surface area contributed by atoms with Crippen molar-refractivity contribution in [3.63, 3.8) is 0 Å². The first-order valence-corrected chi connectivity index (χ1v) is 8.78. The number of pyridine rings is 1. The summed E-state index contributed by atoms with van der Waals surface area (Å²) in [6, 6.07) is 10.5. The van der Waals surface area contributed by atoms with E-state index in [4.69, 9.17) is 5.73 Å². The molecule has 1 atom stereocenters. The maximum atomic E-state index is 11.6. The molecule has 1 unspecified atom stereocenters. The molecule has 21 heavy (non-hydrogen) atoms. The Hall–Kier alpha value is -1.72. The zero-order valence-corrected chi connectivity index (χ0v) is 13.1. The van der Waals surface area contributed by atoms with Gasteiger partial charge in [-0.15, -0.1) is 0 Å². The minimum absolute atomic E-state index is 0.272. The number of sulfone groups is 1. The van der Waals surface area contributed by atoms with Gasteiger partial charge < -0.3 is 5.73 Å². The van der Waals surface area contributed by atoms with Crippen LogP contribution in [0, 0.1) is 0 Å². The van der Waals surface area contributed by atoms with Gasteiger partial charge in [0.2, 0.25) is 0 Å². The van der Waals surface area contributed by atoms with Crippen LogP contribution in [0.1, 0.15) is 29.8 Å². The molecule has 0 spiro atoms. The summed E-state index contributed by atoms with van der Waals surface area (Å²) in [5.41, 5.74) is 9.07. The van der Waals surface area contributed by atoms with Gasteiger partial charge in [0, 0.05) is 30.6 Å². The van der Waals surface area contributed by atoms with Gasteiger partial charge >= 0.3 is 0 Å². The van der Waals surface area contributed by atoms with Crippen molar-refractivity contribution in [3.05, 3.63) is 59.4 Å². The number of aromatic nitrogens is 1. The smallest absolute Gasteiger partial charge is 0.175 e. The van der Waals surface area contributed by atoms with Crippen LogP contribution < -0.4 is 5.73 Å². The summed E-state index contributed by atoms with van der Waals surface area (Å²) in [6.07, 6.45) is 4.59. The molecule has 1 heterocycles. The fourth-order valence-corrected chi connectivity index (χ4v) is 2.78. The van der Waals surface area contributed by atoms with Crippen molar-refractivity contribution in [1.29, 1.82) is 0 Å². The average molecular weight is 304 g/mol. The van der Waals surface area contributed by atoms with Gasteiger partial charge in [-0.1, -0.05) is 25.1 Å². The highest BCUT2D eigenvalue weighted by molar-refractivity contribution is 7.90. The molecule has 4 nitrogen and oxygen atoms in total. The highest BCUT2D eigenvalue weighted by Gasteiger charge is 2.12. The van der Waals surface area contributed by atoms with Gasteiger partial charge in [-0.05, 0) is 35.7 Å². The molecule has 1 aromatic heterocycles. The van der Waals surface area contributed by atoms with Crippen molar-refractivity contribution in [3.8, 4) is 0 Å². The van der Waals surface area contributed by atoms with E-state index >= 15 is 0 Å². The maximum absolute atomic E-state index is 11.6. The van der Waals surface area contributed by atoms with Crippen molar-refractivity contribution < 1.29 is 8.42 Å². The van der Waals surface area contributed by atoms with Crippen molar-refractivity contribution >= 4 is 9.84 Å². The molecule has 0 aliphatic rings. The van der Waals surface area contributed by atoms with Gasteiger partial charge in [-0.25, -0.2) is 8.42 Å². The minimum atomic E-state index is -3.21. The van der Waals surface area contributed by atoms with Crippen molar-refractivity contribution in [2.45, 2.75) is 30.7 Å². The molecule has 1 aromatic carbocycles. The molecule has 2 aromatic rings. The monoisotopic (exact) mass is 304 g/mol. The zero-order valence-electron chi connectivity index (χ0n) is 12.3. The van der Waals surface area contributed by atoms with E-state index in [1.807, 2.05) is 24.4 Å². The Balaban J connectivity index is 2.18. The van der Waals surface area contributed by atoms with Crippen LogP contribution in [0.15, 0.2) is 47.5 Å². The lowest BCUT2D eigenvalue weighted by Gasteiger charge is -2.13. The van der Waals surface area contributed by atoms with Crippen LogP contribution in [0.4, 0.5) is 0 Å². The number of hydrogen-bond acceptors (Lipinski definition) is 4. The van der Waals surface area contributed by atoms with Crippen molar-refractivity contribution in [1.82, 2.24) is 4.98 Å². The second kappa shape index (κ2) is 6.37. The zero-order chi connectivity index (χ0) is 15.5. The second-order valence-electron chi connectivity index (χ2n) is 5.17. The first-order valence-electron chi connectivity index (χ1n) is 6.89. The maximum Gasteiger partial charge on any atom is 0.175 e. The van der Waals surface area contributed by atoms with Gasteiger partial charge in [-0.3, -0.25) is 4.98 Å². The lowest BCUT2D eigenvalue weighted by atomic mass is 10.0. The fourth-order valence-electron chi connectivity index (χ4n) is 2.10. The molecule has 2 N–H and O–H groups in total. The van der Waals surface area contributed by atoms with E-state index in [1.165, 1.54) is 11.8 Å². The van der Waals surface area contributed by atoms with Crippen LogP contribution >= 0.6 is 0 Å². The highest BCUT2D eigenvalue weighted by Crippen LogP contribution is 2.19. The average Bonchev–Trinajstić information content (AvgIpc) is 2.47. The molecule has 112 valence electrons. The van der Waals surface area contributed by atoms with E-state index in [0.717, 1.165) is 17.7 Å². The predicted octanol–water partition coefficient (Wildman–Crippen LogP) is 2.29. The molecule has 0 radical (unpaired) electrons. The van der Waals surface area contributed by atoms with Crippen LogP contribution in [-0.4, -0.2) is 19.7 Å². The largest absolute Gasteiger partial charge is 0.324 e. The first kappa shape index (κ1) is 15.7. The molecule has 5 heteroatoms. The standard InChI is InChI=1S/C16H20N2O2S/c1-3-12-7-8-14(18-11-12)10-16(17)13-5-4-6-15(9-13)21(2,19)20/h4-9,11,16H,3,10,17H2,1-2H3. The third-order valence-corrected chi connectivity index (χ3v) is 4.55. The topological polar surface area (TPSA) is 73.1 Å². The van der Waals surface area contributed by atoms with Crippen LogP contribution in [0.25, 0.3) is 0 Å². The van der Waals surface area contributed by atoms with Crippen LogP contribution in [0.3, 0.4) is 0 Å². The number of rotatable bonds is 5. The van der Waals surface area contributed by atoms with Gasteiger partial charge in [0.05, 0.1) is 4.90 Å². The highest BCUT2D eigenvalue weighted by atomic mass is 32.2. The van der Waals surface area contributed by atoms with E-state index < -0.39 is 9.84 Å². The second-order valence-corrected chi connectivity index (χ2v) is 7.18. The van der Waals surface area contributed by atoms with E-state index in [0.29, 0.717) is 11.3 Å². The Morgan fingerprint density at radius 2 is 2.00 bits per heavy atom. The Morgan fingerprint density at radius 1 is 1.24 bits per heavy atom. The van der Waals surface area contributed by atoms with E-state index in [9.17, 15) is 8.42 Å². The predicted molar refractivity (Wildman–Crippen MR) is 83.8 cm³/mol. The SMILES string of the molecule is CCc1ccc(CC(N)c2cccc(S(C)(=O)=O)c2)nc1. The molecule has 0 saturated carbocycles. The van der Waals surface area contributed by atoms with Crippen LogP contribution in [-0.2, 0) is 22.7 Å². The lowest BCUT2D eigenvalue weighted by Crippen LogP contribution is -2.14. The van der Waals surface area contributed by atoms with Gasteiger partial charge in [0.25, 0.3) is 0 Å². The minimum Gasteiger partial charge on any atom is -0.324 e. The molecule has 0 saturated heterocycles. The van der Waals surface area contributed by atoms with E-state index in [-0.39, 0.29) is 6.04 Å². The Kier molecular flexibility index (Phi) is 4.75. The molecule has 0 fully saturated rings. The molecule has 0 aliphatic carbocycles. The van der Waals surface area contributed by atoms with Crippen LogP contribution in [0.5, 0.6) is 0 Å². The van der Waals surface area contributed by atoms with E-state index in [2.05, 4.69) is 11.9 Å². The number of aryl methyl sites for hydroxylation is 1.